The number of benzene rings is 1. The second kappa shape index (κ2) is 8.80. The van der Waals surface area contributed by atoms with Crippen molar-refractivity contribution in [2.45, 2.75) is 44.5 Å². The lowest BCUT2D eigenvalue weighted by molar-refractivity contribution is 0.278. The van der Waals surface area contributed by atoms with Gasteiger partial charge < -0.3 is 9.30 Å². The molecule has 0 N–H and O–H groups in total. The molecule has 0 fully saturated rings. The van der Waals surface area contributed by atoms with E-state index in [-0.39, 0.29) is 6.04 Å². The standard InChI is InChI=1S/C16H19ClN4OS/c1-3-12(4-2)21-15(19-20-16(21)23-10-9-18)11-22-14-8-6-5-7-13(14)17/h5-8,12H,3-4,10-11H2,1-2H3. The predicted octanol–water partition coefficient (Wildman–Crippen LogP) is 4.49. The molecule has 1 aromatic carbocycles. The summed E-state index contributed by atoms with van der Waals surface area (Å²) in [7, 11) is 0. The van der Waals surface area contributed by atoms with Crippen LogP contribution < -0.4 is 4.74 Å². The minimum Gasteiger partial charge on any atom is -0.484 e. The molecule has 2 rings (SSSR count). The normalized spacial score (nSPS) is 10.7. The van der Waals surface area contributed by atoms with Gasteiger partial charge in [-0.2, -0.15) is 5.26 Å². The Kier molecular flexibility index (Phi) is 6.75. The van der Waals surface area contributed by atoms with Crippen molar-refractivity contribution in [1.29, 1.82) is 5.26 Å². The summed E-state index contributed by atoms with van der Waals surface area (Å²) < 4.78 is 7.87. The Labute approximate surface area is 145 Å². The summed E-state index contributed by atoms with van der Waals surface area (Å²) in [6.45, 7) is 4.55. The molecule has 7 heteroatoms. The van der Waals surface area contributed by atoms with E-state index in [1.807, 2.05) is 18.2 Å². The first-order chi connectivity index (χ1) is 11.2. The van der Waals surface area contributed by atoms with E-state index in [1.165, 1.54) is 11.8 Å². The van der Waals surface area contributed by atoms with Crippen LogP contribution >= 0.6 is 23.4 Å². The summed E-state index contributed by atoms with van der Waals surface area (Å²) in [5, 5.41) is 18.6. The molecular formula is C16H19ClN4OS. The van der Waals surface area contributed by atoms with Crippen LogP contribution in [0.5, 0.6) is 5.75 Å². The van der Waals surface area contributed by atoms with Gasteiger partial charge in [0.05, 0.1) is 16.8 Å². The van der Waals surface area contributed by atoms with Gasteiger partial charge in [-0.15, -0.1) is 10.2 Å². The smallest absolute Gasteiger partial charge is 0.192 e. The lowest BCUT2D eigenvalue weighted by atomic mass is 10.2. The van der Waals surface area contributed by atoms with Crippen LogP contribution in [-0.2, 0) is 6.61 Å². The van der Waals surface area contributed by atoms with Gasteiger partial charge in [-0.1, -0.05) is 49.3 Å². The predicted molar refractivity (Wildman–Crippen MR) is 91.8 cm³/mol. The third-order valence-corrected chi connectivity index (χ3v) is 4.62. The molecule has 0 spiro atoms. The van der Waals surface area contributed by atoms with Crippen LogP contribution in [0.4, 0.5) is 0 Å². The maximum Gasteiger partial charge on any atom is 0.192 e. The van der Waals surface area contributed by atoms with Gasteiger partial charge >= 0.3 is 0 Å². The molecule has 0 atom stereocenters. The fourth-order valence-corrected chi connectivity index (χ4v) is 3.20. The number of hydrogen-bond acceptors (Lipinski definition) is 5. The highest BCUT2D eigenvalue weighted by Crippen LogP contribution is 2.28. The summed E-state index contributed by atoms with van der Waals surface area (Å²) in [6, 6.07) is 9.76. The maximum absolute atomic E-state index is 8.79. The Bertz CT molecular complexity index is 679. The second-order valence-corrected chi connectivity index (χ2v) is 6.25. The van der Waals surface area contributed by atoms with E-state index in [0.29, 0.717) is 23.1 Å². The van der Waals surface area contributed by atoms with Crippen molar-refractivity contribution in [3.63, 3.8) is 0 Å². The van der Waals surface area contributed by atoms with Crippen molar-refractivity contribution in [1.82, 2.24) is 14.8 Å². The molecule has 0 radical (unpaired) electrons. The zero-order chi connectivity index (χ0) is 16.7. The Hall–Kier alpha value is -1.71. The highest BCUT2D eigenvalue weighted by Gasteiger charge is 2.19. The van der Waals surface area contributed by atoms with Crippen LogP contribution in [0, 0.1) is 11.3 Å². The van der Waals surface area contributed by atoms with Gasteiger partial charge in [0.15, 0.2) is 11.0 Å². The van der Waals surface area contributed by atoms with E-state index in [1.54, 1.807) is 6.07 Å². The minimum atomic E-state index is 0.288. The molecule has 0 aliphatic heterocycles. The van der Waals surface area contributed by atoms with Crippen molar-refractivity contribution < 1.29 is 4.74 Å². The molecule has 0 saturated carbocycles. The van der Waals surface area contributed by atoms with Gasteiger partial charge in [-0.3, -0.25) is 0 Å². The Morgan fingerprint density at radius 3 is 2.70 bits per heavy atom. The summed E-state index contributed by atoms with van der Waals surface area (Å²) >= 11 is 7.51. The molecule has 0 amide bonds. The molecule has 122 valence electrons. The van der Waals surface area contributed by atoms with E-state index in [2.05, 4.69) is 34.7 Å². The molecule has 1 aromatic heterocycles. The average Bonchev–Trinajstić information content (AvgIpc) is 2.96. The molecule has 2 aromatic rings. The monoisotopic (exact) mass is 350 g/mol. The van der Waals surface area contributed by atoms with E-state index in [0.717, 1.165) is 23.8 Å². The maximum atomic E-state index is 8.79. The molecule has 5 nitrogen and oxygen atoms in total. The Morgan fingerprint density at radius 1 is 1.30 bits per heavy atom. The molecular weight excluding hydrogens is 332 g/mol. The summed E-state index contributed by atoms with van der Waals surface area (Å²) in [5.74, 6) is 1.72. The lowest BCUT2D eigenvalue weighted by Crippen LogP contribution is -2.14. The number of aromatic nitrogens is 3. The quantitative estimate of drug-likeness (QED) is 0.656. The molecule has 0 aliphatic carbocycles. The van der Waals surface area contributed by atoms with E-state index in [9.17, 15) is 0 Å². The van der Waals surface area contributed by atoms with Crippen LogP contribution in [0.1, 0.15) is 38.6 Å². The van der Waals surface area contributed by atoms with Crippen LogP contribution in [0.3, 0.4) is 0 Å². The zero-order valence-electron chi connectivity index (χ0n) is 13.2. The van der Waals surface area contributed by atoms with Gasteiger partial charge in [0.25, 0.3) is 0 Å². The van der Waals surface area contributed by atoms with Crippen LogP contribution in [0.15, 0.2) is 29.4 Å². The van der Waals surface area contributed by atoms with Crippen molar-refractivity contribution in [3.8, 4) is 11.8 Å². The first-order valence-corrected chi connectivity index (χ1v) is 8.88. The summed E-state index contributed by atoms with van der Waals surface area (Å²) in [6.07, 6.45) is 1.93. The summed E-state index contributed by atoms with van der Waals surface area (Å²) in [4.78, 5) is 0. The Balaban J connectivity index is 2.22. The van der Waals surface area contributed by atoms with E-state index in [4.69, 9.17) is 21.6 Å². The van der Waals surface area contributed by atoms with Gasteiger partial charge in [0.1, 0.15) is 12.4 Å². The van der Waals surface area contributed by atoms with Crippen LogP contribution in [-0.4, -0.2) is 20.5 Å². The number of hydrogen-bond donors (Lipinski definition) is 0. The third kappa shape index (κ3) is 4.40. The molecule has 0 bridgehead atoms. The second-order valence-electron chi connectivity index (χ2n) is 4.91. The van der Waals surface area contributed by atoms with Crippen molar-refractivity contribution in [2.75, 3.05) is 5.75 Å². The molecule has 1 heterocycles. The van der Waals surface area contributed by atoms with Crippen LogP contribution in [0.2, 0.25) is 5.02 Å². The molecule has 0 saturated heterocycles. The van der Waals surface area contributed by atoms with Gasteiger partial charge in [0.2, 0.25) is 0 Å². The van der Waals surface area contributed by atoms with E-state index >= 15 is 0 Å². The van der Waals surface area contributed by atoms with Crippen molar-refractivity contribution in [2.24, 2.45) is 0 Å². The fourth-order valence-electron chi connectivity index (χ4n) is 2.33. The largest absolute Gasteiger partial charge is 0.484 e. The first-order valence-electron chi connectivity index (χ1n) is 7.52. The number of ether oxygens (including phenoxy) is 1. The number of para-hydroxylation sites is 1. The minimum absolute atomic E-state index is 0.288. The number of nitriles is 1. The van der Waals surface area contributed by atoms with Gasteiger partial charge in [-0.25, -0.2) is 0 Å². The highest BCUT2D eigenvalue weighted by molar-refractivity contribution is 7.99. The molecule has 0 unspecified atom stereocenters. The Morgan fingerprint density at radius 2 is 2.04 bits per heavy atom. The number of thioether (sulfide) groups is 1. The highest BCUT2D eigenvalue weighted by atomic mass is 35.5. The number of halogens is 1. The SMILES string of the molecule is CCC(CC)n1c(COc2ccccc2Cl)nnc1SCC#N. The zero-order valence-corrected chi connectivity index (χ0v) is 14.8. The summed E-state index contributed by atoms with van der Waals surface area (Å²) in [5.41, 5.74) is 0. The number of rotatable bonds is 8. The van der Waals surface area contributed by atoms with Crippen LogP contribution in [0.25, 0.3) is 0 Å². The van der Waals surface area contributed by atoms with E-state index < -0.39 is 0 Å². The average molecular weight is 351 g/mol. The van der Waals surface area contributed by atoms with Crippen molar-refractivity contribution >= 4 is 23.4 Å². The van der Waals surface area contributed by atoms with Gasteiger partial charge in [-0.05, 0) is 25.0 Å². The van der Waals surface area contributed by atoms with Gasteiger partial charge in [0, 0.05) is 6.04 Å². The molecule has 23 heavy (non-hydrogen) atoms. The number of nitrogens with zero attached hydrogens (tertiary/aromatic N) is 4. The fraction of sp³-hybridized carbons (Fsp3) is 0.438. The first kappa shape index (κ1) is 17.6. The lowest BCUT2D eigenvalue weighted by Gasteiger charge is -2.19. The third-order valence-electron chi connectivity index (χ3n) is 3.50. The topological polar surface area (TPSA) is 63.7 Å². The van der Waals surface area contributed by atoms with Crippen molar-refractivity contribution in [3.05, 3.63) is 35.1 Å². The molecule has 0 aliphatic rings.